The predicted molar refractivity (Wildman–Crippen MR) is 344 cm³/mol. The first kappa shape index (κ1) is 67.8. The van der Waals surface area contributed by atoms with Crippen molar-refractivity contribution in [2.45, 2.75) is 103 Å². The zero-order chi connectivity index (χ0) is 61.5. The molecule has 5 heterocycles. The van der Waals surface area contributed by atoms with Crippen LogP contribution in [-0.2, 0) is 17.1 Å². The summed E-state index contributed by atoms with van der Waals surface area (Å²) in [5.74, 6) is 5.23. The fraction of sp³-hybridized carbons (Fsp3) is 0.500. The maximum atomic E-state index is 6.52. The van der Waals surface area contributed by atoms with Crippen LogP contribution in [0.2, 0.25) is 0 Å². The van der Waals surface area contributed by atoms with Gasteiger partial charge in [0.15, 0.2) is 46.0 Å². The number of hydrogen-bond acceptors (Lipinski definition) is 22. The summed E-state index contributed by atoms with van der Waals surface area (Å²) in [6, 6.07) is 15.2. The number of ether oxygens (including phenoxy) is 8. The minimum atomic E-state index is 0. The molecular weight excluding hydrogens is 1180 g/mol. The Morgan fingerprint density at radius 2 is 0.404 bits per heavy atom. The van der Waals surface area contributed by atoms with Crippen LogP contribution in [0.1, 0.15) is 103 Å². The van der Waals surface area contributed by atoms with Gasteiger partial charge in [0.1, 0.15) is 0 Å². The summed E-state index contributed by atoms with van der Waals surface area (Å²) in [5.41, 5.74) is 51.0. The van der Waals surface area contributed by atoms with E-state index in [1.54, 1.807) is 0 Å². The number of rotatable bonds is 40. The van der Waals surface area contributed by atoms with E-state index in [-0.39, 0.29) is 17.1 Å². The third-order valence-electron chi connectivity index (χ3n) is 14.8. The Hall–Kier alpha value is -7.16. The summed E-state index contributed by atoms with van der Waals surface area (Å²) in [5, 5.41) is 2.46. The molecule has 0 amide bonds. The van der Waals surface area contributed by atoms with Gasteiger partial charge in [0, 0.05) is 44.8 Å². The summed E-state index contributed by atoms with van der Waals surface area (Å²) >= 11 is 0. The largest absolute Gasteiger partial charge is 2.00 e. The van der Waals surface area contributed by atoms with Gasteiger partial charge >= 0.3 is 17.1 Å². The molecule has 0 saturated carbocycles. The van der Waals surface area contributed by atoms with Gasteiger partial charge in [0.05, 0.1) is 76.2 Å². The van der Waals surface area contributed by atoms with Crippen molar-refractivity contribution in [2.24, 2.45) is 45.9 Å². The van der Waals surface area contributed by atoms with Crippen LogP contribution in [0.5, 0.6) is 46.0 Å². The average Bonchev–Trinajstić information content (AvgIpc) is 1.84. The third-order valence-corrected chi connectivity index (χ3v) is 14.8. The Morgan fingerprint density at radius 3 is 0.573 bits per heavy atom. The summed E-state index contributed by atoms with van der Waals surface area (Å²) < 4.78 is 52.1. The first-order chi connectivity index (χ1) is 43.3. The van der Waals surface area contributed by atoms with Gasteiger partial charge in [0.25, 0.3) is 0 Å². The molecule has 24 nitrogen and oxygen atoms in total. The van der Waals surface area contributed by atoms with Crippen molar-refractivity contribution >= 4 is 44.1 Å². The topological polar surface area (TPSA) is 388 Å². The number of fused-ring (bicyclic) bond motifs is 20. The van der Waals surface area contributed by atoms with Gasteiger partial charge in [-0.1, -0.05) is 0 Å². The van der Waals surface area contributed by atoms with Gasteiger partial charge in [-0.15, -0.1) is 0 Å². The Labute approximate surface area is 530 Å². The average molecular weight is 1270 g/mol. The normalized spacial score (nSPS) is 11.6. The van der Waals surface area contributed by atoms with Crippen LogP contribution in [0.4, 0.5) is 0 Å². The minimum absolute atomic E-state index is 0. The van der Waals surface area contributed by atoms with Crippen LogP contribution in [0.25, 0.3) is 89.7 Å². The maximum absolute atomic E-state index is 6.52. The Kier molecular flexibility index (Phi) is 26.9. The van der Waals surface area contributed by atoms with Crippen molar-refractivity contribution in [1.29, 1.82) is 0 Å². The van der Waals surface area contributed by atoms with E-state index in [1.165, 1.54) is 0 Å². The Bertz CT molecular complexity index is 3120. The van der Waals surface area contributed by atoms with Crippen LogP contribution < -0.4 is 93.7 Å². The van der Waals surface area contributed by atoms with Gasteiger partial charge in [-0.2, -0.15) is 0 Å². The van der Waals surface area contributed by atoms with Crippen molar-refractivity contribution in [3.8, 4) is 91.5 Å². The molecule has 25 heteroatoms. The number of nitrogens with two attached hydrogens (primary N) is 8. The summed E-state index contributed by atoms with van der Waals surface area (Å²) in [7, 11) is 0. The van der Waals surface area contributed by atoms with Crippen molar-refractivity contribution in [3.05, 3.63) is 48.5 Å². The van der Waals surface area contributed by atoms with E-state index >= 15 is 0 Å². The zero-order valence-corrected chi connectivity index (χ0v) is 52.0. The molecule has 3 aromatic heterocycles. The first-order valence-electron chi connectivity index (χ1n) is 31.4. The molecule has 16 N–H and O–H groups in total. The number of unbranched alkanes of at least 4 members (excludes halogenated alkanes) is 8. The second kappa shape index (κ2) is 35.3. The van der Waals surface area contributed by atoms with Gasteiger partial charge in [0.2, 0.25) is 0 Å². The molecule has 2 aliphatic heterocycles. The van der Waals surface area contributed by atoms with Gasteiger partial charge in [-0.25, -0.2) is 9.97 Å². The molecule has 7 aromatic rings. The van der Waals surface area contributed by atoms with Crippen LogP contribution in [0.3, 0.4) is 0 Å². The molecule has 0 atom stereocenters. The number of hydrogen-bond donors (Lipinski definition) is 8. The van der Waals surface area contributed by atoms with E-state index in [1.807, 2.05) is 48.5 Å². The molecule has 1 radical (unpaired) electrons. The zero-order valence-electron chi connectivity index (χ0n) is 51.0. The van der Waals surface area contributed by atoms with Crippen molar-refractivity contribution in [1.82, 2.24) is 39.9 Å². The molecule has 0 fully saturated rings. The second-order valence-corrected chi connectivity index (χ2v) is 21.6. The molecular formula is C64H88CuN16O8. The van der Waals surface area contributed by atoms with E-state index in [9.17, 15) is 0 Å². The van der Waals surface area contributed by atoms with E-state index in [2.05, 4.69) is 0 Å². The second-order valence-electron chi connectivity index (χ2n) is 21.6. The maximum Gasteiger partial charge on any atom is 2.00 e. The Balaban J connectivity index is 0.0000102. The predicted octanol–water partition coefficient (Wildman–Crippen LogP) is 7.07. The monoisotopic (exact) mass is 1270 g/mol. The first-order valence-corrected chi connectivity index (χ1v) is 31.4. The molecule has 2 aliphatic rings. The Morgan fingerprint density at radius 1 is 0.236 bits per heavy atom. The van der Waals surface area contributed by atoms with Crippen LogP contribution in [0.15, 0.2) is 48.5 Å². The molecule has 483 valence electrons. The molecule has 0 spiro atoms. The van der Waals surface area contributed by atoms with E-state index < -0.39 is 0 Å². The number of nitrogens with zero attached hydrogens (tertiary/aromatic N) is 8. The molecule has 0 unspecified atom stereocenters. The van der Waals surface area contributed by atoms with Crippen LogP contribution in [0, 0.1) is 0 Å². The van der Waals surface area contributed by atoms with Crippen molar-refractivity contribution < 1.29 is 55.0 Å². The number of benzene rings is 4. The summed E-state index contributed by atoms with van der Waals surface area (Å²) in [6.45, 7) is 7.41. The van der Waals surface area contributed by atoms with Crippen LogP contribution >= 0.6 is 0 Å². The third kappa shape index (κ3) is 17.6. The number of aromatic nitrogens is 8. The summed E-state index contributed by atoms with van der Waals surface area (Å²) in [4.78, 5) is 42.4. The molecule has 8 bridgehead atoms. The van der Waals surface area contributed by atoms with Crippen molar-refractivity contribution in [2.75, 3.05) is 105 Å². The summed E-state index contributed by atoms with van der Waals surface area (Å²) in [6.07, 6.45) is 12.1. The SMILES string of the molecule is NCCCCOc1cc2c(cc1OCCCCN)-c1nc-2nc2[n-]c(nc3nc(nc4[n-]c(n1)c1cc(OCCCCN)c(OCCCCN)cc41)-c1cc(OCCCCN)c(OCCCCN)cc1-3)c1cc(OCCCCN)c(OCCCCN)cc21.[Cu+2]. The quantitative estimate of drug-likeness (QED) is 0.0141. The molecule has 0 saturated heterocycles. The van der Waals surface area contributed by atoms with E-state index in [4.69, 9.17) is 124 Å². The van der Waals surface area contributed by atoms with Gasteiger partial charge < -0.3 is 114 Å². The molecule has 0 aliphatic carbocycles. The van der Waals surface area contributed by atoms with E-state index in [0.29, 0.717) is 241 Å². The fourth-order valence-electron chi connectivity index (χ4n) is 10.0. The van der Waals surface area contributed by atoms with Gasteiger partial charge in [-0.3, -0.25) is 0 Å². The standard InChI is InChI=1S/C64H88N16O8.Cu/c65-17-1-9-25-81-49-33-41-42(34-50(49)82-26-10-2-18-66)58-73-57(41)77-59-43-35-51(83-27-11-3-19-67)52(84-28-12-4-20-68)36-44(43)61(74-59)79-63-47-39-55(87-31-15-7-23-71)56(88-32-16-8-24-72)40-48(47)64(76-63)80-62-46-38-54(86-30-14-6-22-70)53(85-29-13-5-21-69)37-45(46)60(75-62)78-58;/h33-40H,1-32,65-72H2;/q-2;+2. The molecule has 89 heavy (non-hydrogen) atoms. The smallest absolute Gasteiger partial charge is 0.490 e. The van der Waals surface area contributed by atoms with Crippen LogP contribution in [-0.4, -0.2) is 135 Å². The molecule has 4 aromatic carbocycles. The fourth-order valence-corrected chi connectivity index (χ4v) is 10.0. The minimum Gasteiger partial charge on any atom is -0.490 e. The van der Waals surface area contributed by atoms with E-state index in [0.717, 1.165) is 103 Å². The van der Waals surface area contributed by atoms with Crippen molar-refractivity contribution in [3.63, 3.8) is 0 Å². The molecule has 9 rings (SSSR count). The van der Waals surface area contributed by atoms with Gasteiger partial charge in [-0.05, 0) is 225 Å².